The molecule has 1 aromatic carbocycles. The summed E-state index contributed by atoms with van der Waals surface area (Å²) in [5, 5.41) is 0. The summed E-state index contributed by atoms with van der Waals surface area (Å²) in [7, 11) is -4.01. The fraction of sp³-hybridized carbons (Fsp3) is 0.462. The van der Waals surface area contributed by atoms with Gasteiger partial charge in [0, 0.05) is 13.0 Å². The molecule has 0 atom stereocenters. The van der Waals surface area contributed by atoms with Crippen LogP contribution in [-0.2, 0) is 22.8 Å². The van der Waals surface area contributed by atoms with Gasteiger partial charge in [0.25, 0.3) is 15.9 Å². The fourth-order valence-electron chi connectivity index (χ4n) is 2.32. The molecule has 5 nitrogen and oxygen atoms in total. The number of aryl methyl sites for hydroxylation is 2. The lowest BCUT2D eigenvalue weighted by atomic mass is 10.2. The highest BCUT2D eigenvalue weighted by atomic mass is 32.2. The van der Waals surface area contributed by atoms with Crippen molar-refractivity contribution in [2.75, 3.05) is 5.75 Å². The molecule has 0 saturated carbocycles. The molecule has 0 amide bonds. The Morgan fingerprint density at radius 3 is 2.55 bits per heavy atom. The Kier molecular flexibility index (Phi) is 4.48. The van der Waals surface area contributed by atoms with E-state index in [0.29, 0.717) is 29.8 Å². The molecule has 2 rings (SSSR count). The number of unbranched alkanes of at least 4 members (excludes halogenated alkanes) is 1. The predicted octanol–water partition coefficient (Wildman–Crippen LogP) is 2.45. The SMILES string of the molecule is Cc1[nH]c2ccc(C(F)(F)F)cc2[n+]1CCCCS(=O)(=O)O. The van der Waals surface area contributed by atoms with Gasteiger partial charge in [0.15, 0.2) is 11.0 Å². The van der Waals surface area contributed by atoms with Crippen molar-refractivity contribution in [3.8, 4) is 0 Å². The Bertz CT molecular complexity index is 782. The number of benzene rings is 1. The molecule has 1 aromatic heterocycles. The number of nitrogens with zero attached hydrogens (tertiary/aromatic N) is 1. The van der Waals surface area contributed by atoms with Gasteiger partial charge < -0.3 is 0 Å². The zero-order valence-corrected chi connectivity index (χ0v) is 12.6. The molecule has 0 fully saturated rings. The third-order valence-corrected chi connectivity index (χ3v) is 4.17. The molecule has 0 unspecified atom stereocenters. The van der Waals surface area contributed by atoms with Crippen LogP contribution in [0.15, 0.2) is 18.2 Å². The number of imidazole rings is 1. The van der Waals surface area contributed by atoms with Crippen molar-refractivity contribution in [2.24, 2.45) is 0 Å². The van der Waals surface area contributed by atoms with Gasteiger partial charge in [-0.25, -0.2) is 9.55 Å². The highest BCUT2D eigenvalue weighted by molar-refractivity contribution is 7.85. The zero-order chi connectivity index (χ0) is 16.5. The summed E-state index contributed by atoms with van der Waals surface area (Å²) in [6.45, 7) is 2.10. The van der Waals surface area contributed by atoms with Crippen LogP contribution in [0.25, 0.3) is 11.0 Å². The van der Waals surface area contributed by atoms with Gasteiger partial charge in [-0.15, -0.1) is 0 Å². The first-order chi connectivity index (χ1) is 10.1. The molecule has 2 aromatic rings. The Labute approximate surface area is 125 Å². The third-order valence-electron chi connectivity index (χ3n) is 3.37. The maximum atomic E-state index is 12.8. The number of nitrogens with one attached hydrogen (secondary N) is 1. The lowest BCUT2D eigenvalue weighted by Gasteiger charge is -2.05. The van der Waals surface area contributed by atoms with Crippen molar-refractivity contribution in [3.05, 3.63) is 29.6 Å². The second-order valence-electron chi connectivity index (χ2n) is 5.08. The van der Waals surface area contributed by atoms with Gasteiger partial charge in [-0.05, 0) is 25.0 Å². The smallest absolute Gasteiger partial charge is 0.286 e. The molecule has 0 aliphatic carbocycles. The van der Waals surface area contributed by atoms with Gasteiger partial charge in [-0.3, -0.25) is 4.55 Å². The van der Waals surface area contributed by atoms with E-state index < -0.39 is 21.9 Å². The zero-order valence-electron chi connectivity index (χ0n) is 11.8. The molecule has 0 bridgehead atoms. The van der Waals surface area contributed by atoms with E-state index in [0.717, 1.165) is 12.1 Å². The Morgan fingerprint density at radius 1 is 1.27 bits per heavy atom. The molecule has 0 radical (unpaired) electrons. The first kappa shape index (κ1) is 16.8. The average molecular weight is 337 g/mol. The molecule has 22 heavy (non-hydrogen) atoms. The summed E-state index contributed by atoms with van der Waals surface area (Å²) < 4.78 is 70.0. The number of hydrogen-bond donors (Lipinski definition) is 2. The van der Waals surface area contributed by atoms with Crippen molar-refractivity contribution < 1.29 is 30.7 Å². The monoisotopic (exact) mass is 337 g/mol. The summed E-state index contributed by atoms with van der Waals surface area (Å²) in [4.78, 5) is 2.99. The minimum absolute atomic E-state index is 0.233. The minimum atomic E-state index is -4.41. The average Bonchev–Trinajstić information content (AvgIpc) is 2.67. The first-order valence-electron chi connectivity index (χ1n) is 6.62. The molecular formula is C13H16F3N2O3S+. The van der Waals surface area contributed by atoms with Crippen molar-refractivity contribution in [3.63, 3.8) is 0 Å². The van der Waals surface area contributed by atoms with Crippen LogP contribution in [0.3, 0.4) is 0 Å². The van der Waals surface area contributed by atoms with E-state index in [9.17, 15) is 21.6 Å². The number of hydrogen-bond acceptors (Lipinski definition) is 2. The summed E-state index contributed by atoms with van der Waals surface area (Å²) in [5.41, 5.74) is 0.269. The van der Waals surface area contributed by atoms with Gasteiger partial charge in [0.1, 0.15) is 0 Å². The van der Waals surface area contributed by atoms with Gasteiger partial charge in [-0.1, -0.05) is 0 Å². The van der Waals surface area contributed by atoms with Gasteiger partial charge in [0.05, 0.1) is 17.9 Å². The van der Waals surface area contributed by atoms with Crippen LogP contribution < -0.4 is 4.57 Å². The highest BCUT2D eigenvalue weighted by Gasteiger charge is 2.32. The largest absolute Gasteiger partial charge is 0.416 e. The maximum absolute atomic E-state index is 12.8. The number of fused-ring (bicyclic) bond motifs is 1. The highest BCUT2D eigenvalue weighted by Crippen LogP contribution is 2.30. The van der Waals surface area contributed by atoms with Crippen LogP contribution in [0.1, 0.15) is 24.2 Å². The standard InChI is InChI=1S/C13H15F3N2O3S/c1-9-17-11-5-4-10(13(14,15)16)8-12(11)18(9)6-2-3-7-22(19,20)21/h4-5,8H,2-3,6-7H2,1H3,(H,19,20,21)/p+1. The quantitative estimate of drug-likeness (QED) is 0.500. The van der Waals surface area contributed by atoms with Crippen LogP contribution in [0.5, 0.6) is 0 Å². The number of aromatic nitrogens is 2. The van der Waals surface area contributed by atoms with E-state index in [1.807, 2.05) is 0 Å². The van der Waals surface area contributed by atoms with E-state index in [1.54, 1.807) is 11.5 Å². The molecule has 1 heterocycles. The Balaban J connectivity index is 2.23. The van der Waals surface area contributed by atoms with E-state index in [1.165, 1.54) is 6.07 Å². The molecule has 0 spiro atoms. The molecule has 9 heteroatoms. The number of H-pyrrole nitrogens is 1. The molecular weight excluding hydrogens is 321 g/mol. The van der Waals surface area contributed by atoms with Crippen molar-refractivity contribution in [2.45, 2.75) is 32.5 Å². The molecule has 0 aliphatic rings. The van der Waals surface area contributed by atoms with Crippen LogP contribution in [-0.4, -0.2) is 23.7 Å². The van der Waals surface area contributed by atoms with Crippen LogP contribution in [0.4, 0.5) is 13.2 Å². The van der Waals surface area contributed by atoms with Crippen molar-refractivity contribution in [1.82, 2.24) is 4.98 Å². The lowest BCUT2D eigenvalue weighted by Crippen LogP contribution is -2.36. The Hall–Kier alpha value is -1.61. The van der Waals surface area contributed by atoms with Gasteiger partial charge in [0.2, 0.25) is 0 Å². The molecule has 2 N–H and O–H groups in total. The topological polar surface area (TPSA) is 74.0 Å². The first-order valence-corrected chi connectivity index (χ1v) is 8.23. The van der Waals surface area contributed by atoms with E-state index in [-0.39, 0.29) is 12.2 Å². The van der Waals surface area contributed by atoms with Gasteiger partial charge in [-0.2, -0.15) is 21.6 Å². The van der Waals surface area contributed by atoms with Crippen LogP contribution >= 0.6 is 0 Å². The van der Waals surface area contributed by atoms with Crippen molar-refractivity contribution >= 4 is 21.2 Å². The molecule has 122 valence electrons. The number of alkyl halides is 3. The molecule has 0 aliphatic heterocycles. The maximum Gasteiger partial charge on any atom is 0.416 e. The fourth-order valence-corrected chi connectivity index (χ4v) is 2.89. The predicted molar refractivity (Wildman–Crippen MR) is 73.9 cm³/mol. The normalized spacial score (nSPS) is 13.0. The lowest BCUT2D eigenvalue weighted by molar-refractivity contribution is -0.677. The van der Waals surface area contributed by atoms with E-state index in [2.05, 4.69) is 4.98 Å². The summed E-state index contributed by atoms with van der Waals surface area (Å²) >= 11 is 0. The van der Waals surface area contributed by atoms with Gasteiger partial charge >= 0.3 is 6.18 Å². The second kappa shape index (κ2) is 5.88. The number of halogens is 3. The Morgan fingerprint density at radius 2 is 1.95 bits per heavy atom. The van der Waals surface area contributed by atoms with E-state index >= 15 is 0 Å². The molecule has 0 saturated heterocycles. The van der Waals surface area contributed by atoms with Crippen molar-refractivity contribution in [1.29, 1.82) is 0 Å². The minimum Gasteiger partial charge on any atom is -0.286 e. The number of aromatic amines is 1. The summed E-state index contributed by atoms with van der Waals surface area (Å²) in [6.07, 6.45) is -3.76. The number of rotatable bonds is 5. The van der Waals surface area contributed by atoms with Crippen LogP contribution in [0, 0.1) is 6.92 Å². The van der Waals surface area contributed by atoms with E-state index in [4.69, 9.17) is 4.55 Å². The summed E-state index contributed by atoms with van der Waals surface area (Å²) in [6, 6.07) is 3.46. The third kappa shape index (κ3) is 3.98. The second-order valence-corrected chi connectivity index (χ2v) is 6.66. The summed E-state index contributed by atoms with van der Waals surface area (Å²) in [5.74, 6) is 0.323. The van der Waals surface area contributed by atoms with Crippen LogP contribution in [0.2, 0.25) is 0 Å².